The number of nitrogens with one attached hydrogen (secondary N) is 1. The topological polar surface area (TPSA) is 68.0 Å². The first-order valence-corrected chi connectivity index (χ1v) is 6.79. The van der Waals surface area contributed by atoms with Crippen molar-refractivity contribution in [1.29, 1.82) is 0 Å². The molecule has 1 heterocycles. The quantitative estimate of drug-likeness (QED) is 0.846. The predicted octanol–water partition coefficient (Wildman–Crippen LogP) is 2.21. The second kappa shape index (κ2) is 7.22. The van der Waals surface area contributed by atoms with E-state index in [0.29, 0.717) is 12.2 Å². The SMILES string of the molecule is CCc1cc(C#CCN)ccc1NC(=O)c1ccccn1. The molecular formula is C17H17N3O. The molecule has 4 nitrogen and oxygen atoms in total. The number of carbonyl (C=O) groups is 1. The summed E-state index contributed by atoms with van der Waals surface area (Å²) in [4.78, 5) is 16.2. The third-order valence-corrected chi connectivity index (χ3v) is 2.97. The number of anilines is 1. The molecule has 0 radical (unpaired) electrons. The van der Waals surface area contributed by atoms with Crippen LogP contribution < -0.4 is 11.1 Å². The number of nitrogens with two attached hydrogens (primary N) is 1. The van der Waals surface area contributed by atoms with Crippen LogP contribution in [0.5, 0.6) is 0 Å². The molecule has 3 N–H and O–H groups in total. The van der Waals surface area contributed by atoms with Crippen LogP contribution in [-0.2, 0) is 6.42 Å². The zero-order valence-electron chi connectivity index (χ0n) is 11.9. The van der Waals surface area contributed by atoms with E-state index < -0.39 is 0 Å². The van der Waals surface area contributed by atoms with Crippen LogP contribution in [0.1, 0.15) is 28.5 Å². The van der Waals surface area contributed by atoms with E-state index in [0.717, 1.165) is 23.2 Å². The van der Waals surface area contributed by atoms with Crippen molar-refractivity contribution < 1.29 is 4.79 Å². The standard InChI is InChI=1S/C17H17N3O/c1-2-14-12-13(6-5-10-18)8-9-15(14)20-17(21)16-7-3-4-11-19-16/h3-4,7-9,11-12H,2,10,18H2,1H3,(H,20,21). The summed E-state index contributed by atoms with van der Waals surface area (Å²) in [6.07, 6.45) is 2.40. The van der Waals surface area contributed by atoms with Crippen LogP contribution in [0.2, 0.25) is 0 Å². The Morgan fingerprint density at radius 2 is 2.19 bits per heavy atom. The summed E-state index contributed by atoms with van der Waals surface area (Å²) in [7, 11) is 0. The van der Waals surface area contributed by atoms with Crippen molar-refractivity contribution in [3.63, 3.8) is 0 Å². The number of hydrogen-bond donors (Lipinski definition) is 2. The van der Waals surface area contributed by atoms with Gasteiger partial charge in [-0.3, -0.25) is 9.78 Å². The van der Waals surface area contributed by atoms with E-state index in [1.807, 2.05) is 25.1 Å². The Bertz CT molecular complexity index is 684. The number of aryl methyl sites for hydroxylation is 1. The average Bonchev–Trinajstić information content (AvgIpc) is 2.54. The van der Waals surface area contributed by atoms with Gasteiger partial charge in [0.25, 0.3) is 5.91 Å². The Morgan fingerprint density at radius 3 is 2.86 bits per heavy atom. The molecule has 0 saturated heterocycles. The number of carbonyl (C=O) groups excluding carboxylic acids is 1. The maximum Gasteiger partial charge on any atom is 0.274 e. The number of hydrogen-bond acceptors (Lipinski definition) is 3. The Kier molecular flexibility index (Phi) is 5.08. The summed E-state index contributed by atoms with van der Waals surface area (Å²) in [5.74, 6) is 5.60. The van der Waals surface area contributed by atoms with E-state index in [9.17, 15) is 4.79 Å². The second-order valence-electron chi connectivity index (χ2n) is 4.40. The van der Waals surface area contributed by atoms with Gasteiger partial charge >= 0.3 is 0 Å². The monoisotopic (exact) mass is 279 g/mol. The van der Waals surface area contributed by atoms with Crippen molar-refractivity contribution >= 4 is 11.6 Å². The first kappa shape index (κ1) is 14.8. The molecule has 2 rings (SSSR count). The molecule has 0 bridgehead atoms. The predicted molar refractivity (Wildman–Crippen MR) is 83.9 cm³/mol. The number of rotatable bonds is 3. The Labute approximate surface area is 124 Å². The zero-order valence-corrected chi connectivity index (χ0v) is 11.9. The lowest BCUT2D eigenvalue weighted by Crippen LogP contribution is -2.14. The van der Waals surface area contributed by atoms with Crippen molar-refractivity contribution in [3.05, 3.63) is 59.4 Å². The third-order valence-electron chi connectivity index (χ3n) is 2.97. The molecule has 1 aromatic heterocycles. The van der Waals surface area contributed by atoms with Crippen LogP contribution in [0.3, 0.4) is 0 Å². The molecule has 0 unspecified atom stereocenters. The third kappa shape index (κ3) is 3.91. The van der Waals surface area contributed by atoms with Gasteiger partial charge in [-0.15, -0.1) is 0 Å². The van der Waals surface area contributed by atoms with Crippen LogP contribution in [0.25, 0.3) is 0 Å². The van der Waals surface area contributed by atoms with Gasteiger partial charge < -0.3 is 11.1 Å². The minimum Gasteiger partial charge on any atom is -0.320 e. The summed E-state index contributed by atoms with van der Waals surface area (Å²) < 4.78 is 0. The van der Waals surface area contributed by atoms with Gasteiger partial charge in [-0.1, -0.05) is 24.8 Å². The van der Waals surface area contributed by atoms with Gasteiger partial charge in [0, 0.05) is 17.4 Å². The first-order chi connectivity index (χ1) is 10.2. The minimum atomic E-state index is -0.217. The lowest BCUT2D eigenvalue weighted by molar-refractivity contribution is 0.102. The highest BCUT2D eigenvalue weighted by atomic mass is 16.1. The highest BCUT2D eigenvalue weighted by Crippen LogP contribution is 2.18. The Balaban J connectivity index is 2.22. The van der Waals surface area contributed by atoms with Crippen molar-refractivity contribution in [2.24, 2.45) is 5.73 Å². The van der Waals surface area contributed by atoms with Crippen LogP contribution in [-0.4, -0.2) is 17.4 Å². The van der Waals surface area contributed by atoms with E-state index in [4.69, 9.17) is 5.73 Å². The number of nitrogens with zero attached hydrogens (tertiary/aromatic N) is 1. The molecule has 2 aromatic rings. The highest BCUT2D eigenvalue weighted by molar-refractivity contribution is 6.03. The van der Waals surface area contributed by atoms with Crippen LogP contribution >= 0.6 is 0 Å². The Morgan fingerprint density at radius 1 is 1.33 bits per heavy atom. The smallest absolute Gasteiger partial charge is 0.274 e. The summed E-state index contributed by atoms with van der Waals surface area (Å²) in [6, 6.07) is 10.9. The normalized spacial score (nSPS) is 9.62. The first-order valence-electron chi connectivity index (χ1n) is 6.79. The van der Waals surface area contributed by atoms with Gasteiger partial charge in [-0.05, 0) is 42.3 Å². The summed E-state index contributed by atoms with van der Waals surface area (Å²) in [5.41, 5.74) is 8.48. The fourth-order valence-corrected chi connectivity index (χ4v) is 1.92. The number of aromatic nitrogens is 1. The van der Waals surface area contributed by atoms with E-state index in [2.05, 4.69) is 22.1 Å². The molecule has 0 fully saturated rings. The number of benzene rings is 1. The van der Waals surface area contributed by atoms with Gasteiger partial charge in [-0.25, -0.2) is 0 Å². The molecule has 106 valence electrons. The van der Waals surface area contributed by atoms with Gasteiger partial charge in [0.1, 0.15) is 5.69 Å². The average molecular weight is 279 g/mol. The molecule has 0 aliphatic rings. The van der Waals surface area contributed by atoms with Crippen molar-refractivity contribution in [2.75, 3.05) is 11.9 Å². The lowest BCUT2D eigenvalue weighted by Gasteiger charge is -2.10. The molecule has 21 heavy (non-hydrogen) atoms. The number of amides is 1. The maximum absolute atomic E-state index is 12.1. The molecule has 0 aliphatic heterocycles. The van der Waals surface area contributed by atoms with Crippen LogP contribution in [0.15, 0.2) is 42.6 Å². The molecule has 4 heteroatoms. The van der Waals surface area contributed by atoms with Crippen molar-refractivity contribution in [1.82, 2.24) is 4.98 Å². The van der Waals surface area contributed by atoms with E-state index in [1.165, 1.54) is 0 Å². The molecule has 0 atom stereocenters. The van der Waals surface area contributed by atoms with Crippen LogP contribution in [0.4, 0.5) is 5.69 Å². The summed E-state index contributed by atoms with van der Waals surface area (Å²) in [6.45, 7) is 2.37. The maximum atomic E-state index is 12.1. The highest BCUT2D eigenvalue weighted by Gasteiger charge is 2.09. The summed E-state index contributed by atoms with van der Waals surface area (Å²) in [5, 5.41) is 2.89. The zero-order chi connectivity index (χ0) is 15.1. The molecule has 1 amide bonds. The lowest BCUT2D eigenvalue weighted by atomic mass is 10.1. The Hall–Kier alpha value is -2.64. The van der Waals surface area contributed by atoms with Gasteiger partial charge in [-0.2, -0.15) is 0 Å². The molecular weight excluding hydrogens is 262 g/mol. The van der Waals surface area contributed by atoms with Gasteiger partial charge in [0.05, 0.1) is 6.54 Å². The fraction of sp³-hybridized carbons (Fsp3) is 0.176. The van der Waals surface area contributed by atoms with E-state index in [-0.39, 0.29) is 5.91 Å². The van der Waals surface area contributed by atoms with E-state index in [1.54, 1.807) is 24.4 Å². The molecule has 0 aliphatic carbocycles. The van der Waals surface area contributed by atoms with Crippen molar-refractivity contribution in [3.8, 4) is 11.8 Å². The second-order valence-corrected chi connectivity index (χ2v) is 4.40. The van der Waals surface area contributed by atoms with Gasteiger partial charge in [0.2, 0.25) is 0 Å². The largest absolute Gasteiger partial charge is 0.320 e. The van der Waals surface area contributed by atoms with E-state index >= 15 is 0 Å². The number of pyridine rings is 1. The van der Waals surface area contributed by atoms with Crippen LogP contribution in [0, 0.1) is 11.8 Å². The van der Waals surface area contributed by atoms with Crippen molar-refractivity contribution in [2.45, 2.75) is 13.3 Å². The fourth-order valence-electron chi connectivity index (χ4n) is 1.92. The molecule has 1 aromatic carbocycles. The summed E-state index contributed by atoms with van der Waals surface area (Å²) >= 11 is 0. The van der Waals surface area contributed by atoms with Gasteiger partial charge in [0.15, 0.2) is 0 Å². The molecule has 0 spiro atoms. The molecule has 0 saturated carbocycles. The minimum absolute atomic E-state index is 0.217.